The highest BCUT2D eigenvalue weighted by atomic mass is 16.3. The van der Waals surface area contributed by atoms with Crippen LogP contribution in [0.2, 0.25) is 0 Å². The van der Waals surface area contributed by atoms with Gasteiger partial charge in [0.25, 0.3) is 0 Å². The van der Waals surface area contributed by atoms with E-state index in [0.29, 0.717) is 22.5 Å². The number of aromatic hydroxyl groups is 1. The van der Waals surface area contributed by atoms with Crippen LogP contribution < -0.4 is 0 Å². The molecule has 0 amide bonds. The molecule has 0 saturated heterocycles. The summed E-state index contributed by atoms with van der Waals surface area (Å²) in [7, 11) is 0. The first-order valence-electron chi connectivity index (χ1n) is 26.4. The van der Waals surface area contributed by atoms with E-state index in [0.717, 1.165) is 55.7 Å². The van der Waals surface area contributed by atoms with E-state index in [2.05, 4.69) is 166 Å². The molecule has 326 valence electrons. The fraction of sp³-hybridized carbons (Fsp3) is 0.300. The van der Waals surface area contributed by atoms with Gasteiger partial charge in [-0.25, -0.2) is 4.98 Å². The summed E-state index contributed by atoms with van der Waals surface area (Å²) in [5.74, 6) is 0.898. The Kier molecular flexibility index (Phi) is 9.17. The van der Waals surface area contributed by atoms with Crippen LogP contribution in [0, 0.1) is 0 Å². The number of benzene rings is 6. The highest BCUT2D eigenvalue weighted by Crippen LogP contribution is 2.45. The monoisotopic (exact) mass is 852 g/mol. The van der Waals surface area contributed by atoms with Crippen LogP contribution in [0.15, 0.2) is 139 Å². The largest absolute Gasteiger partial charge is 0.507 e. The van der Waals surface area contributed by atoms with Crippen molar-refractivity contribution in [3.05, 3.63) is 167 Å². The molecule has 0 bridgehead atoms. The van der Waals surface area contributed by atoms with Gasteiger partial charge in [-0.2, -0.15) is 0 Å². The molecule has 0 aliphatic heterocycles. The average Bonchev–Trinajstić information content (AvgIpc) is 3.70. The van der Waals surface area contributed by atoms with Gasteiger partial charge in [-0.3, -0.25) is 9.55 Å². The average molecular weight is 852 g/mol. The third-order valence-corrected chi connectivity index (χ3v) is 12.3. The summed E-state index contributed by atoms with van der Waals surface area (Å²) in [5, 5.41) is 12.4. The molecule has 2 heterocycles. The van der Waals surface area contributed by atoms with Crippen molar-refractivity contribution in [2.75, 3.05) is 0 Å². The maximum Gasteiger partial charge on any atom is 0.149 e. The van der Waals surface area contributed by atoms with Gasteiger partial charge in [-0.1, -0.05) is 175 Å². The molecule has 0 aliphatic carbocycles. The van der Waals surface area contributed by atoms with Gasteiger partial charge in [-0.15, -0.1) is 0 Å². The Morgan fingerprint density at radius 2 is 1.22 bits per heavy atom. The molecule has 0 unspecified atom stereocenters. The molecule has 0 saturated carbocycles. The van der Waals surface area contributed by atoms with Crippen molar-refractivity contribution >= 4 is 11.0 Å². The molecule has 8 aromatic rings. The number of para-hydroxylation sites is 1. The number of hydrogen-bond donors (Lipinski definition) is 1. The lowest BCUT2D eigenvalue weighted by atomic mass is 9.83. The van der Waals surface area contributed by atoms with E-state index < -0.39 is 47.8 Å². The SMILES string of the molecule is [2H]c1nc(-c2cc(-c3cccc4c3nc(-c3cc(C(C)C)cc(C(C)C)c3O)n4-c3ccc(C(C)(C)C)cc3-c3ccc(C(C)(C)C)cc3)cc(C(C)(C)C)c2)c([2H])c(-c2c([2H])c([2H])c([2H])c([2H])c2[2H])c1[2H]. The van der Waals surface area contributed by atoms with E-state index >= 15 is 0 Å². The van der Waals surface area contributed by atoms with Crippen LogP contribution in [0.3, 0.4) is 0 Å². The smallest absolute Gasteiger partial charge is 0.149 e. The topological polar surface area (TPSA) is 50.9 Å². The molecule has 6 aromatic carbocycles. The predicted octanol–water partition coefficient (Wildman–Crippen LogP) is 16.6. The number of rotatable bonds is 8. The second kappa shape index (κ2) is 16.7. The summed E-state index contributed by atoms with van der Waals surface area (Å²) in [6.45, 7) is 28.0. The zero-order chi connectivity index (χ0) is 52.8. The number of imidazole rings is 1. The second-order valence-corrected chi connectivity index (χ2v) is 20.8. The predicted molar refractivity (Wildman–Crippen MR) is 272 cm³/mol. The first-order valence-corrected chi connectivity index (χ1v) is 22.4. The minimum atomic E-state index is -0.598. The maximum atomic E-state index is 12.4. The molecular formula is C60H65N3O. The Bertz CT molecular complexity index is 3430. The summed E-state index contributed by atoms with van der Waals surface area (Å²) >= 11 is 0. The first kappa shape index (κ1) is 35.1. The van der Waals surface area contributed by atoms with Gasteiger partial charge in [0.2, 0.25) is 0 Å². The minimum absolute atomic E-state index is 0.0160. The lowest BCUT2D eigenvalue weighted by molar-refractivity contribution is 0.466. The Labute approximate surface area is 393 Å². The molecular weight excluding hydrogens is 779 g/mol. The van der Waals surface area contributed by atoms with Gasteiger partial charge in [0, 0.05) is 22.9 Å². The van der Waals surface area contributed by atoms with E-state index in [9.17, 15) is 6.48 Å². The molecule has 4 heteroatoms. The lowest BCUT2D eigenvalue weighted by Crippen LogP contribution is -2.12. The van der Waals surface area contributed by atoms with Crippen LogP contribution in [0.4, 0.5) is 0 Å². The summed E-state index contributed by atoms with van der Waals surface area (Å²) in [6.07, 6.45) is -0.499. The van der Waals surface area contributed by atoms with E-state index in [1.165, 1.54) is 5.56 Å². The molecule has 2 aromatic heterocycles. The Balaban J connectivity index is 1.48. The molecule has 0 fully saturated rings. The van der Waals surface area contributed by atoms with Crippen molar-refractivity contribution < 1.29 is 16.1 Å². The number of pyridine rings is 1. The van der Waals surface area contributed by atoms with E-state index in [-0.39, 0.29) is 51.3 Å². The van der Waals surface area contributed by atoms with Gasteiger partial charge in [0.05, 0.1) is 38.9 Å². The lowest BCUT2D eigenvalue weighted by Gasteiger charge is -2.24. The van der Waals surface area contributed by atoms with Crippen molar-refractivity contribution in [3.63, 3.8) is 0 Å². The van der Waals surface area contributed by atoms with Crippen LogP contribution in [0.5, 0.6) is 5.75 Å². The molecule has 0 atom stereocenters. The summed E-state index contributed by atoms with van der Waals surface area (Å²) < 4.78 is 72.0. The van der Waals surface area contributed by atoms with Gasteiger partial charge in [0.1, 0.15) is 11.6 Å². The van der Waals surface area contributed by atoms with E-state index in [1.807, 2.05) is 24.3 Å². The molecule has 64 heavy (non-hydrogen) atoms. The highest BCUT2D eigenvalue weighted by Gasteiger charge is 2.27. The fourth-order valence-electron chi connectivity index (χ4n) is 8.27. The minimum Gasteiger partial charge on any atom is -0.507 e. The molecule has 0 aliphatic rings. The fourth-order valence-corrected chi connectivity index (χ4v) is 8.27. The van der Waals surface area contributed by atoms with Crippen LogP contribution in [0.25, 0.3) is 72.7 Å². The summed E-state index contributed by atoms with van der Waals surface area (Å²) in [6, 6.07) is 27.7. The Morgan fingerprint density at radius 3 is 1.86 bits per heavy atom. The molecule has 8 rings (SSSR count). The van der Waals surface area contributed by atoms with Crippen LogP contribution in [0.1, 0.15) is 141 Å². The van der Waals surface area contributed by atoms with Crippen molar-refractivity contribution in [2.45, 2.75) is 118 Å². The summed E-state index contributed by atoms with van der Waals surface area (Å²) in [5.41, 5.74) is 10.8. The maximum absolute atomic E-state index is 12.4. The number of fused-ring (bicyclic) bond motifs is 1. The van der Waals surface area contributed by atoms with E-state index in [1.54, 1.807) is 0 Å². The number of phenolic OH excluding ortho intramolecular Hbond substituents is 1. The van der Waals surface area contributed by atoms with Crippen LogP contribution >= 0.6 is 0 Å². The van der Waals surface area contributed by atoms with Crippen molar-refractivity contribution in [3.8, 4) is 67.5 Å². The van der Waals surface area contributed by atoms with Crippen molar-refractivity contribution in [1.29, 1.82) is 0 Å². The summed E-state index contributed by atoms with van der Waals surface area (Å²) in [4.78, 5) is 10.1. The highest BCUT2D eigenvalue weighted by molar-refractivity contribution is 5.98. The van der Waals surface area contributed by atoms with Gasteiger partial charge in [0.15, 0.2) is 0 Å². The molecule has 0 spiro atoms. The van der Waals surface area contributed by atoms with Gasteiger partial charge in [-0.05, 0) is 127 Å². The molecule has 4 nitrogen and oxygen atoms in total. The van der Waals surface area contributed by atoms with E-state index in [4.69, 9.17) is 14.6 Å². The standard InChI is InChI=1S/C60H65N3O/c1-37(2)42-33-49(38(3)4)56(64)51(34-42)57-62-55-48(43-30-44(32-47(31-43)60(11,12)13)52-35-41(28-29-61-52)39-18-15-14-16-19-39)20-17-21-54(55)63(57)53-27-26-46(59(8,9)10)36-50(53)40-22-24-45(25-23-40)58(5,6)7/h14-38,64H,1-13H3/i14D,15D,16D,18D,19D,28D,29D,35D. The number of phenols is 1. The van der Waals surface area contributed by atoms with Gasteiger partial charge >= 0.3 is 0 Å². The zero-order valence-electron chi connectivity index (χ0n) is 47.6. The second-order valence-electron chi connectivity index (χ2n) is 20.8. The van der Waals surface area contributed by atoms with Crippen molar-refractivity contribution in [1.82, 2.24) is 14.5 Å². The van der Waals surface area contributed by atoms with Crippen LogP contribution in [-0.4, -0.2) is 19.6 Å². The van der Waals surface area contributed by atoms with Gasteiger partial charge < -0.3 is 5.11 Å². The van der Waals surface area contributed by atoms with Crippen LogP contribution in [-0.2, 0) is 16.2 Å². The Hall–Kier alpha value is -6.26. The first-order chi connectivity index (χ1) is 33.5. The normalized spacial score (nSPS) is 14.2. The number of nitrogens with zero attached hydrogens (tertiary/aromatic N) is 3. The Morgan fingerprint density at radius 1 is 0.562 bits per heavy atom. The third kappa shape index (κ3) is 8.68. The third-order valence-electron chi connectivity index (χ3n) is 12.3. The molecule has 0 radical (unpaired) electrons. The number of aromatic nitrogens is 3. The quantitative estimate of drug-likeness (QED) is 0.166. The van der Waals surface area contributed by atoms with Crippen molar-refractivity contribution in [2.24, 2.45) is 0 Å². The zero-order valence-corrected chi connectivity index (χ0v) is 39.6. The molecule has 1 N–H and O–H groups in total. The number of hydrogen-bond acceptors (Lipinski definition) is 3.